The van der Waals surface area contributed by atoms with Gasteiger partial charge in [-0.05, 0) is 62.2 Å². The molecule has 1 N–H and O–H groups in total. The first kappa shape index (κ1) is 15.6. The largest absolute Gasteiger partial charge is 0.380 e. The summed E-state index contributed by atoms with van der Waals surface area (Å²) in [4.78, 5) is 12.8. The van der Waals surface area contributed by atoms with E-state index in [0.717, 1.165) is 44.1 Å². The lowest BCUT2D eigenvalue weighted by Crippen LogP contribution is -2.56. The van der Waals surface area contributed by atoms with E-state index >= 15 is 0 Å². The number of carbonyl (C=O) groups is 1. The Labute approximate surface area is 133 Å². The fourth-order valence-electron chi connectivity index (χ4n) is 5.71. The number of carbonyl (C=O) groups excluding carboxylic acids is 1. The first-order valence-electron chi connectivity index (χ1n) is 8.47. The summed E-state index contributed by atoms with van der Waals surface area (Å²) in [5.41, 5.74) is 0.390. The minimum absolute atomic E-state index is 0.0458. The molecule has 4 heteroatoms. The summed E-state index contributed by atoms with van der Waals surface area (Å²) < 4.78 is 5.35. The van der Waals surface area contributed by atoms with Crippen molar-refractivity contribution in [1.29, 1.82) is 0 Å². The smallest absolute Gasteiger partial charge is 0.226 e. The number of amides is 1. The predicted octanol–water partition coefficient (Wildman–Crippen LogP) is 3.35. The molecule has 0 aliphatic heterocycles. The van der Waals surface area contributed by atoms with Gasteiger partial charge in [0.2, 0.25) is 5.91 Å². The van der Waals surface area contributed by atoms with Crippen LogP contribution in [0.2, 0.25) is 0 Å². The highest BCUT2D eigenvalue weighted by atomic mass is 35.5. The van der Waals surface area contributed by atoms with Gasteiger partial charge in [-0.25, -0.2) is 0 Å². The highest BCUT2D eigenvalue weighted by Gasteiger charge is 2.58. The molecule has 4 aliphatic carbocycles. The second-order valence-corrected chi connectivity index (χ2v) is 8.34. The van der Waals surface area contributed by atoms with Crippen LogP contribution in [0.25, 0.3) is 0 Å². The van der Waals surface area contributed by atoms with Gasteiger partial charge in [-0.15, -0.1) is 11.6 Å². The zero-order chi connectivity index (χ0) is 14.9. The van der Waals surface area contributed by atoms with Crippen molar-refractivity contribution in [3.05, 3.63) is 0 Å². The van der Waals surface area contributed by atoms with Gasteiger partial charge >= 0.3 is 0 Å². The van der Waals surface area contributed by atoms with Gasteiger partial charge in [0.05, 0.1) is 12.0 Å². The van der Waals surface area contributed by atoms with Crippen LogP contribution in [0.5, 0.6) is 0 Å². The third-order valence-corrected chi connectivity index (χ3v) is 5.96. The van der Waals surface area contributed by atoms with Gasteiger partial charge in [-0.1, -0.05) is 6.92 Å². The molecule has 0 aromatic carbocycles. The molecule has 4 rings (SSSR count). The summed E-state index contributed by atoms with van der Waals surface area (Å²) >= 11 is 5.56. The third kappa shape index (κ3) is 3.24. The highest BCUT2D eigenvalue weighted by Crippen LogP contribution is 2.65. The summed E-state index contributed by atoms with van der Waals surface area (Å²) in [6.45, 7) is 4.42. The van der Waals surface area contributed by atoms with Crippen LogP contribution in [0.3, 0.4) is 0 Å². The zero-order valence-corrected chi connectivity index (χ0v) is 13.9. The lowest BCUT2D eigenvalue weighted by molar-refractivity contribution is -0.155. The fourth-order valence-corrected chi connectivity index (χ4v) is 5.82. The summed E-state index contributed by atoms with van der Waals surface area (Å²) in [6.07, 6.45) is 8.33. The fraction of sp³-hybridized carbons (Fsp3) is 0.941. The second kappa shape index (κ2) is 6.08. The molecule has 0 aromatic rings. The van der Waals surface area contributed by atoms with Crippen molar-refractivity contribution in [3.8, 4) is 0 Å². The third-order valence-electron chi connectivity index (χ3n) is 5.81. The van der Waals surface area contributed by atoms with E-state index in [1.807, 2.05) is 0 Å². The first-order valence-corrected chi connectivity index (χ1v) is 9.01. The zero-order valence-electron chi connectivity index (χ0n) is 13.1. The van der Waals surface area contributed by atoms with Crippen molar-refractivity contribution in [2.75, 3.05) is 25.6 Å². The number of rotatable bonds is 7. The molecule has 0 heterocycles. The quantitative estimate of drug-likeness (QED) is 0.578. The Hall–Kier alpha value is -0.280. The van der Waals surface area contributed by atoms with E-state index in [0.29, 0.717) is 30.4 Å². The molecule has 2 unspecified atom stereocenters. The van der Waals surface area contributed by atoms with Crippen molar-refractivity contribution < 1.29 is 9.53 Å². The van der Waals surface area contributed by atoms with Crippen LogP contribution in [0.1, 0.15) is 51.9 Å². The van der Waals surface area contributed by atoms with Crippen molar-refractivity contribution in [3.63, 3.8) is 0 Å². The van der Waals surface area contributed by atoms with E-state index in [1.54, 1.807) is 0 Å². The van der Waals surface area contributed by atoms with E-state index < -0.39 is 0 Å². The van der Waals surface area contributed by atoms with E-state index in [9.17, 15) is 4.79 Å². The molecular formula is C17H28ClNO2. The van der Waals surface area contributed by atoms with Crippen LogP contribution >= 0.6 is 11.6 Å². The lowest BCUT2D eigenvalue weighted by Gasteiger charge is -2.60. The van der Waals surface area contributed by atoms with Gasteiger partial charge in [-0.2, -0.15) is 0 Å². The van der Waals surface area contributed by atoms with Gasteiger partial charge in [0.25, 0.3) is 0 Å². The Kier molecular flexibility index (Phi) is 4.52. The molecule has 0 radical (unpaired) electrons. The predicted molar refractivity (Wildman–Crippen MR) is 84.4 cm³/mol. The standard InChI is InChI=1S/C17H28ClNO2/c1-16-8-13-7-14(9-16)11-17(10-13,12-16)15(20)19-4-2-5-21-6-3-18/h13-14H,2-12H2,1H3,(H,19,20). The molecule has 4 aliphatic rings. The van der Waals surface area contributed by atoms with Crippen LogP contribution in [-0.2, 0) is 9.53 Å². The molecular weight excluding hydrogens is 286 g/mol. The second-order valence-electron chi connectivity index (χ2n) is 7.96. The van der Waals surface area contributed by atoms with Gasteiger partial charge in [0.1, 0.15) is 0 Å². The Balaban J connectivity index is 1.50. The molecule has 0 spiro atoms. The van der Waals surface area contributed by atoms with E-state index in [1.165, 1.54) is 19.3 Å². The average molecular weight is 314 g/mol. The molecule has 1 amide bonds. The number of hydrogen-bond acceptors (Lipinski definition) is 2. The summed E-state index contributed by atoms with van der Waals surface area (Å²) in [6, 6.07) is 0. The molecule has 21 heavy (non-hydrogen) atoms. The molecule has 4 bridgehead atoms. The topological polar surface area (TPSA) is 38.3 Å². The number of halogens is 1. The summed E-state index contributed by atoms with van der Waals surface area (Å²) in [7, 11) is 0. The van der Waals surface area contributed by atoms with Crippen molar-refractivity contribution >= 4 is 17.5 Å². The maximum atomic E-state index is 12.8. The number of alkyl halides is 1. The molecule has 4 saturated carbocycles. The van der Waals surface area contributed by atoms with Crippen LogP contribution < -0.4 is 5.32 Å². The van der Waals surface area contributed by atoms with Crippen LogP contribution in [0.4, 0.5) is 0 Å². The molecule has 3 nitrogen and oxygen atoms in total. The lowest BCUT2D eigenvalue weighted by atomic mass is 9.44. The highest BCUT2D eigenvalue weighted by molar-refractivity contribution is 6.17. The molecule has 0 saturated heterocycles. The van der Waals surface area contributed by atoms with Gasteiger partial charge in [-0.3, -0.25) is 4.79 Å². The normalized spacial score (nSPS) is 40.5. The number of hydrogen-bond donors (Lipinski definition) is 1. The molecule has 0 aromatic heterocycles. The first-order chi connectivity index (χ1) is 10.1. The van der Waals surface area contributed by atoms with Crippen molar-refractivity contribution in [2.24, 2.45) is 22.7 Å². The monoisotopic (exact) mass is 313 g/mol. The Bertz CT molecular complexity index is 384. The maximum absolute atomic E-state index is 12.8. The van der Waals surface area contributed by atoms with E-state index in [-0.39, 0.29) is 5.41 Å². The SMILES string of the molecule is CC12CC3CC(C1)CC(C(=O)NCCCOCCCl)(C3)C2. The summed E-state index contributed by atoms with van der Waals surface area (Å²) in [5.74, 6) is 2.46. The van der Waals surface area contributed by atoms with Gasteiger partial charge < -0.3 is 10.1 Å². The molecule has 2 atom stereocenters. The van der Waals surface area contributed by atoms with E-state index in [4.69, 9.17) is 16.3 Å². The average Bonchev–Trinajstić information content (AvgIpc) is 2.39. The van der Waals surface area contributed by atoms with Crippen molar-refractivity contribution in [1.82, 2.24) is 5.32 Å². The van der Waals surface area contributed by atoms with Crippen molar-refractivity contribution in [2.45, 2.75) is 51.9 Å². The Morgan fingerprint density at radius 2 is 1.95 bits per heavy atom. The molecule has 120 valence electrons. The Morgan fingerprint density at radius 3 is 2.57 bits per heavy atom. The minimum Gasteiger partial charge on any atom is -0.380 e. The van der Waals surface area contributed by atoms with Crippen LogP contribution in [0, 0.1) is 22.7 Å². The van der Waals surface area contributed by atoms with E-state index in [2.05, 4.69) is 12.2 Å². The molecule has 4 fully saturated rings. The minimum atomic E-state index is -0.0458. The number of ether oxygens (including phenoxy) is 1. The van der Waals surface area contributed by atoms with Crippen LogP contribution in [-0.4, -0.2) is 31.5 Å². The number of nitrogens with one attached hydrogen (secondary N) is 1. The Morgan fingerprint density at radius 1 is 1.24 bits per heavy atom. The van der Waals surface area contributed by atoms with Crippen LogP contribution in [0.15, 0.2) is 0 Å². The maximum Gasteiger partial charge on any atom is 0.226 e. The summed E-state index contributed by atoms with van der Waals surface area (Å²) in [5, 5.41) is 3.18. The van der Waals surface area contributed by atoms with Gasteiger partial charge in [0.15, 0.2) is 0 Å². The van der Waals surface area contributed by atoms with Gasteiger partial charge in [0, 0.05) is 19.0 Å².